The van der Waals surface area contributed by atoms with Crippen LogP contribution >= 0.6 is 22.9 Å². The van der Waals surface area contributed by atoms with Gasteiger partial charge in [0.2, 0.25) is 0 Å². The average molecular weight is 404 g/mol. The zero-order valence-electron chi connectivity index (χ0n) is 16.4. The first kappa shape index (κ1) is 18.7. The summed E-state index contributed by atoms with van der Waals surface area (Å²) in [6.07, 6.45) is 4.81. The number of thiazole rings is 1. The molecule has 7 heteroatoms. The third-order valence-corrected chi connectivity index (χ3v) is 6.98. The van der Waals surface area contributed by atoms with E-state index >= 15 is 0 Å². The third kappa shape index (κ3) is 3.34. The van der Waals surface area contributed by atoms with Gasteiger partial charge < -0.3 is 4.90 Å². The molecule has 1 aliphatic rings. The second-order valence-corrected chi connectivity index (χ2v) is 8.83. The maximum Gasteiger partial charge on any atom is 0.187 e. The summed E-state index contributed by atoms with van der Waals surface area (Å²) in [4.78, 5) is 12.8. The van der Waals surface area contributed by atoms with Crippen LogP contribution in [-0.2, 0) is 0 Å². The molecule has 0 amide bonds. The van der Waals surface area contributed by atoms with Gasteiger partial charge in [-0.1, -0.05) is 36.8 Å². The molecule has 3 aromatic heterocycles. The lowest BCUT2D eigenvalue weighted by Crippen LogP contribution is -2.29. The van der Waals surface area contributed by atoms with Gasteiger partial charge >= 0.3 is 0 Å². The molecule has 1 fully saturated rings. The van der Waals surface area contributed by atoms with Gasteiger partial charge in [0, 0.05) is 24.5 Å². The summed E-state index contributed by atoms with van der Waals surface area (Å²) >= 11 is 8.27. The van der Waals surface area contributed by atoms with Gasteiger partial charge in [-0.2, -0.15) is 5.10 Å². The number of anilines is 1. The lowest BCUT2D eigenvalue weighted by molar-refractivity contribution is 0.577. The standard InChI is InChI=1S/C20H26ClN5S/c1-5-12(2)15-11-13(3)22-19-16(14(4)24-26(15)19)17-18(21)23-20(27-17)25-9-7-6-8-10-25/h11-12H,5-10H2,1-4H3. The van der Waals surface area contributed by atoms with Crippen molar-refractivity contribution in [1.29, 1.82) is 0 Å². The highest BCUT2D eigenvalue weighted by Gasteiger charge is 2.24. The van der Waals surface area contributed by atoms with Gasteiger partial charge in [-0.25, -0.2) is 14.5 Å². The third-order valence-electron chi connectivity index (χ3n) is 5.47. The molecule has 0 spiro atoms. The van der Waals surface area contributed by atoms with Crippen LogP contribution in [0.25, 0.3) is 16.1 Å². The Bertz CT molecular complexity index is 971. The Morgan fingerprint density at radius 1 is 1.19 bits per heavy atom. The summed E-state index contributed by atoms with van der Waals surface area (Å²) in [5.41, 5.74) is 5.07. The van der Waals surface area contributed by atoms with E-state index in [1.807, 2.05) is 18.4 Å². The van der Waals surface area contributed by atoms with Crippen LogP contribution in [0, 0.1) is 13.8 Å². The first-order valence-electron chi connectivity index (χ1n) is 9.78. The Kier molecular flexibility index (Phi) is 5.12. The van der Waals surface area contributed by atoms with E-state index in [1.165, 1.54) is 25.0 Å². The van der Waals surface area contributed by atoms with Crippen molar-refractivity contribution in [2.45, 2.75) is 59.3 Å². The molecule has 1 saturated heterocycles. The highest BCUT2D eigenvalue weighted by molar-refractivity contribution is 7.19. The van der Waals surface area contributed by atoms with Crippen molar-refractivity contribution in [3.05, 3.63) is 28.3 Å². The van der Waals surface area contributed by atoms with E-state index < -0.39 is 0 Å². The molecule has 0 bridgehead atoms. The van der Waals surface area contributed by atoms with Crippen LogP contribution in [-0.4, -0.2) is 32.7 Å². The van der Waals surface area contributed by atoms with Crippen LogP contribution in [0.5, 0.6) is 0 Å². The molecule has 4 rings (SSSR count). The van der Waals surface area contributed by atoms with Crippen molar-refractivity contribution < 1.29 is 0 Å². The lowest BCUT2D eigenvalue weighted by atomic mass is 10.0. The number of nitrogens with zero attached hydrogens (tertiary/aromatic N) is 5. The first-order valence-corrected chi connectivity index (χ1v) is 11.0. The Morgan fingerprint density at radius 3 is 2.63 bits per heavy atom. The largest absolute Gasteiger partial charge is 0.348 e. The van der Waals surface area contributed by atoms with E-state index in [2.05, 4.69) is 29.8 Å². The molecule has 144 valence electrons. The number of halogens is 1. The summed E-state index contributed by atoms with van der Waals surface area (Å²) in [6.45, 7) is 10.6. The maximum atomic E-state index is 6.61. The molecule has 1 aliphatic heterocycles. The Balaban J connectivity index is 1.86. The quantitative estimate of drug-likeness (QED) is 0.566. The van der Waals surface area contributed by atoms with Crippen molar-refractivity contribution in [1.82, 2.24) is 19.6 Å². The predicted molar refractivity (Wildman–Crippen MR) is 113 cm³/mol. The van der Waals surface area contributed by atoms with Crippen LogP contribution in [0.15, 0.2) is 6.07 Å². The normalized spacial score (nSPS) is 16.3. The molecular weight excluding hydrogens is 378 g/mol. The van der Waals surface area contributed by atoms with Gasteiger partial charge in [0.15, 0.2) is 10.8 Å². The van der Waals surface area contributed by atoms with E-state index in [4.69, 9.17) is 21.7 Å². The SMILES string of the molecule is CCC(C)c1cc(C)nc2c(-c3sc(N4CCCCC4)nc3Cl)c(C)nn12. The fourth-order valence-corrected chi connectivity index (χ4v) is 5.21. The van der Waals surface area contributed by atoms with Crippen molar-refractivity contribution in [3.63, 3.8) is 0 Å². The molecule has 0 radical (unpaired) electrons. The van der Waals surface area contributed by atoms with E-state index in [0.717, 1.165) is 52.1 Å². The van der Waals surface area contributed by atoms with E-state index in [9.17, 15) is 0 Å². The predicted octanol–water partition coefficient (Wildman–Crippen LogP) is 5.63. The molecule has 0 aliphatic carbocycles. The second kappa shape index (κ2) is 7.40. The monoisotopic (exact) mass is 403 g/mol. The second-order valence-electron chi connectivity index (χ2n) is 7.49. The number of piperidine rings is 1. The number of rotatable bonds is 4. The first-order chi connectivity index (χ1) is 13.0. The molecule has 1 unspecified atom stereocenters. The molecule has 1 atom stereocenters. The molecule has 0 saturated carbocycles. The number of aryl methyl sites for hydroxylation is 2. The number of hydrogen-bond donors (Lipinski definition) is 0. The van der Waals surface area contributed by atoms with Crippen LogP contribution in [0.3, 0.4) is 0 Å². The molecule has 3 aromatic rings. The highest BCUT2D eigenvalue weighted by Crippen LogP contribution is 2.41. The van der Waals surface area contributed by atoms with Crippen LogP contribution < -0.4 is 4.90 Å². The van der Waals surface area contributed by atoms with Crippen LogP contribution in [0.1, 0.15) is 62.5 Å². The maximum absolute atomic E-state index is 6.61. The Labute approximate surface area is 169 Å². The minimum atomic E-state index is 0.419. The summed E-state index contributed by atoms with van der Waals surface area (Å²) < 4.78 is 2.00. The van der Waals surface area contributed by atoms with E-state index in [1.54, 1.807) is 11.3 Å². The van der Waals surface area contributed by atoms with Gasteiger partial charge in [-0.05, 0) is 51.5 Å². The molecule has 0 aromatic carbocycles. The van der Waals surface area contributed by atoms with Crippen molar-refractivity contribution >= 4 is 33.7 Å². The minimum Gasteiger partial charge on any atom is -0.348 e. The molecular formula is C20H26ClN5S. The van der Waals surface area contributed by atoms with Gasteiger partial charge in [0.05, 0.1) is 16.1 Å². The number of fused-ring (bicyclic) bond motifs is 1. The zero-order chi connectivity index (χ0) is 19.1. The van der Waals surface area contributed by atoms with Crippen molar-refractivity contribution in [2.24, 2.45) is 0 Å². The Morgan fingerprint density at radius 2 is 1.93 bits per heavy atom. The van der Waals surface area contributed by atoms with Crippen molar-refractivity contribution in [2.75, 3.05) is 18.0 Å². The molecule has 4 heterocycles. The average Bonchev–Trinajstić information content (AvgIpc) is 3.20. The Hall–Kier alpha value is -1.66. The van der Waals surface area contributed by atoms with E-state index in [0.29, 0.717) is 11.1 Å². The topological polar surface area (TPSA) is 46.3 Å². The summed E-state index contributed by atoms with van der Waals surface area (Å²) in [7, 11) is 0. The summed E-state index contributed by atoms with van der Waals surface area (Å²) in [5, 5.41) is 6.40. The van der Waals surface area contributed by atoms with Gasteiger partial charge in [-0.15, -0.1) is 0 Å². The zero-order valence-corrected chi connectivity index (χ0v) is 18.0. The summed E-state index contributed by atoms with van der Waals surface area (Å²) in [5.74, 6) is 0.419. The minimum absolute atomic E-state index is 0.419. The number of hydrogen-bond acceptors (Lipinski definition) is 5. The van der Waals surface area contributed by atoms with E-state index in [-0.39, 0.29) is 0 Å². The van der Waals surface area contributed by atoms with Crippen molar-refractivity contribution in [3.8, 4) is 10.4 Å². The molecule has 5 nitrogen and oxygen atoms in total. The smallest absolute Gasteiger partial charge is 0.187 e. The lowest BCUT2D eigenvalue weighted by Gasteiger charge is -2.25. The van der Waals surface area contributed by atoms with Gasteiger partial charge in [0.1, 0.15) is 5.15 Å². The molecule has 27 heavy (non-hydrogen) atoms. The summed E-state index contributed by atoms with van der Waals surface area (Å²) in [6, 6.07) is 2.14. The molecule has 0 N–H and O–H groups in total. The van der Waals surface area contributed by atoms with Crippen LogP contribution in [0.2, 0.25) is 5.15 Å². The fourth-order valence-electron chi connectivity index (χ4n) is 3.76. The van der Waals surface area contributed by atoms with Gasteiger partial charge in [0.25, 0.3) is 0 Å². The van der Waals surface area contributed by atoms with Gasteiger partial charge in [-0.3, -0.25) is 0 Å². The fraction of sp³-hybridized carbons (Fsp3) is 0.550. The highest BCUT2D eigenvalue weighted by atomic mass is 35.5. The van der Waals surface area contributed by atoms with Crippen LogP contribution in [0.4, 0.5) is 5.13 Å². The number of aromatic nitrogens is 4.